The van der Waals surface area contributed by atoms with E-state index in [0.29, 0.717) is 23.6 Å². The monoisotopic (exact) mass is 279 g/mol. The van der Waals surface area contributed by atoms with E-state index in [2.05, 4.69) is 5.32 Å². The summed E-state index contributed by atoms with van der Waals surface area (Å²) in [6, 6.07) is 5.19. The van der Waals surface area contributed by atoms with Gasteiger partial charge in [0.1, 0.15) is 0 Å². The molecule has 2 unspecified atom stereocenters. The average molecular weight is 279 g/mol. The maximum Gasteiger partial charge on any atom is 0.255 e. The van der Waals surface area contributed by atoms with Crippen molar-refractivity contribution in [2.45, 2.75) is 25.4 Å². The van der Waals surface area contributed by atoms with Gasteiger partial charge in [-0.2, -0.15) is 0 Å². The number of aliphatic hydroxyl groups excluding tert-OH is 1. The van der Waals surface area contributed by atoms with Crippen LogP contribution in [0.5, 0.6) is 11.5 Å². The molecule has 1 aliphatic carbocycles. The molecule has 5 nitrogen and oxygen atoms in total. The minimum absolute atomic E-state index is 0.149. The van der Waals surface area contributed by atoms with Crippen LogP contribution < -0.4 is 14.8 Å². The number of aliphatic hydroxyl groups is 1. The lowest BCUT2D eigenvalue weighted by Crippen LogP contribution is -2.32. The summed E-state index contributed by atoms with van der Waals surface area (Å²) < 4.78 is 10.4. The molecule has 5 heteroatoms. The molecule has 1 aliphatic rings. The molecule has 0 heterocycles. The van der Waals surface area contributed by atoms with E-state index in [-0.39, 0.29) is 17.9 Å². The van der Waals surface area contributed by atoms with Gasteiger partial charge in [-0.05, 0) is 25.0 Å². The number of nitrogens with one attached hydrogen (secondary N) is 1. The van der Waals surface area contributed by atoms with Crippen molar-refractivity contribution in [2.24, 2.45) is 5.92 Å². The maximum atomic E-state index is 12.2. The summed E-state index contributed by atoms with van der Waals surface area (Å²) in [6.07, 6.45) is 2.49. The average Bonchev–Trinajstić information content (AvgIpc) is 2.89. The van der Waals surface area contributed by atoms with Crippen molar-refractivity contribution in [1.82, 2.24) is 5.32 Å². The van der Waals surface area contributed by atoms with Crippen LogP contribution in [0, 0.1) is 5.92 Å². The first-order valence-corrected chi connectivity index (χ1v) is 6.84. The summed E-state index contributed by atoms with van der Waals surface area (Å²) in [7, 11) is 3.05. The topological polar surface area (TPSA) is 67.8 Å². The molecule has 2 N–H and O–H groups in total. The van der Waals surface area contributed by atoms with Crippen molar-refractivity contribution < 1.29 is 19.4 Å². The molecule has 1 amide bonds. The van der Waals surface area contributed by atoms with Gasteiger partial charge in [0.15, 0.2) is 11.5 Å². The van der Waals surface area contributed by atoms with Gasteiger partial charge < -0.3 is 19.9 Å². The molecule has 0 spiro atoms. The Hall–Kier alpha value is -1.75. The third-order valence-corrected chi connectivity index (χ3v) is 3.79. The van der Waals surface area contributed by atoms with Crippen molar-refractivity contribution in [2.75, 3.05) is 20.8 Å². The number of amides is 1. The van der Waals surface area contributed by atoms with Crippen molar-refractivity contribution in [3.05, 3.63) is 23.8 Å². The summed E-state index contributed by atoms with van der Waals surface area (Å²) in [5.74, 6) is 0.899. The number of hydrogen-bond donors (Lipinski definition) is 2. The van der Waals surface area contributed by atoms with Gasteiger partial charge >= 0.3 is 0 Å². The van der Waals surface area contributed by atoms with Crippen LogP contribution in [-0.4, -0.2) is 37.9 Å². The van der Waals surface area contributed by atoms with Crippen molar-refractivity contribution >= 4 is 5.91 Å². The summed E-state index contributed by atoms with van der Waals surface area (Å²) in [5, 5.41) is 12.6. The second kappa shape index (κ2) is 6.61. The molecule has 2 atom stereocenters. The number of carbonyl (C=O) groups is 1. The first-order valence-electron chi connectivity index (χ1n) is 6.84. The molecule has 0 aromatic heterocycles. The highest BCUT2D eigenvalue weighted by molar-refractivity contribution is 5.97. The van der Waals surface area contributed by atoms with E-state index in [1.165, 1.54) is 14.2 Å². The lowest BCUT2D eigenvalue weighted by Gasteiger charge is -2.16. The smallest absolute Gasteiger partial charge is 0.255 e. The number of para-hydroxylation sites is 1. The number of carbonyl (C=O) groups excluding carboxylic acids is 1. The van der Waals surface area contributed by atoms with Gasteiger partial charge in [-0.25, -0.2) is 0 Å². The summed E-state index contributed by atoms with van der Waals surface area (Å²) in [5.41, 5.74) is 0.444. The van der Waals surface area contributed by atoms with Gasteiger partial charge in [-0.3, -0.25) is 4.79 Å². The molecule has 1 aromatic carbocycles. The zero-order chi connectivity index (χ0) is 14.5. The van der Waals surface area contributed by atoms with Crippen LogP contribution in [-0.2, 0) is 0 Å². The highest BCUT2D eigenvalue weighted by Gasteiger charge is 2.26. The van der Waals surface area contributed by atoms with Crippen LogP contribution in [0.1, 0.15) is 29.6 Å². The van der Waals surface area contributed by atoms with E-state index in [4.69, 9.17) is 9.47 Å². The fraction of sp³-hybridized carbons (Fsp3) is 0.533. The third-order valence-electron chi connectivity index (χ3n) is 3.79. The van der Waals surface area contributed by atoms with Gasteiger partial charge in [0.05, 0.1) is 25.9 Å². The zero-order valence-corrected chi connectivity index (χ0v) is 11.9. The van der Waals surface area contributed by atoms with Crippen LogP contribution in [0.2, 0.25) is 0 Å². The summed E-state index contributed by atoms with van der Waals surface area (Å²) in [4.78, 5) is 12.2. The fourth-order valence-electron chi connectivity index (χ4n) is 2.64. The normalized spacial score (nSPS) is 21.6. The molecule has 0 bridgehead atoms. The predicted octanol–water partition coefficient (Wildman–Crippen LogP) is 1.59. The summed E-state index contributed by atoms with van der Waals surface area (Å²) >= 11 is 0. The van der Waals surface area contributed by atoms with Crippen molar-refractivity contribution in [3.8, 4) is 11.5 Å². The number of ether oxygens (including phenoxy) is 2. The first kappa shape index (κ1) is 14.7. The molecular weight excluding hydrogens is 258 g/mol. The van der Waals surface area contributed by atoms with Crippen LogP contribution in [0.3, 0.4) is 0 Å². The van der Waals surface area contributed by atoms with Gasteiger partial charge in [0.2, 0.25) is 0 Å². The standard InChI is InChI=1S/C15H21NO4/c1-19-13-8-4-6-11(14(13)20-2)15(18)16-9-10-5-3-7-12(10)17/h4,6,8,10,12,17H,3,5,7,9H2,1-2H3,(H,16,18). The van der Waals surface area contributed by atoms with Crippen LogP contribution in [0.15, 0.2) is 18.2 Å². The Bertz CT molecular complexity index is 475. The molecular formula is C15H21NO4. The minimum atomic E-state index is -0.303. The number of rotatable bonds is 5. The van der Waals surface area contributed by atoms with Crippen molar-refractivity contribution in [3.63, 3.8) is 0 Å². The Balaban J connectivity index is 2.05. The van der Waals surface area contributed by atoms with E-state index in [1.807, 2.05) is 0 Å². The highest BCUT2D eigenvalue weighted by atomic mass is 16.5. The summed E-state index contributed by atoms with van der Waals surface area (Å²) in [6.45, 7) is 0.486. The highest BCUT2D eigenvalue weighted by Crippen LogP contribution is 2.31. The van der Waals surface area contributed by atoms with Gasteiger partial charge in [0, 0.05) is 12.5 Å². The molecule has 1 aromatic rings. The lowest BCUT2D eigenvalue weighted by molar-refractivity contribution is 0.0913. The number of hydrogen-bond acceptors (Lipinski definition) is 4. The van der Waals surface area contributed by atoms with Crippen LogP contribution in [0.25, 0.3) is 0 Å². The van der Waals surface area contributed by atoms with E-state index in [1.54, 1.807) is 18.2 Å². The second-order valence-electron chi connectivity index (χ2n) is 5.01. The zero-order valence-electron chi connectivity index (χ0n) is 11.9. The van der Waals surface area contributed by atoms with E-state index in [0.717, 1.165) is 19.3 Å². The van der Waals surface area contributed by atoms with Gasteiger partial charge in [0.25, 0.3) is 5.91 Å². The molecule has 1 saturated carbocycles. The molecule has 0 aliphatic heterocycles. The Morgan fingerprint density at radius 2 is 2.15 bits per heavy atom. The maximum absolute atomic E-state index is 12.2. The van der Waals surface area contributed by atoms with E-state index in [9.17, 15) is 9.90 Å². The Labute approximate surface area is 118 Å². The molecule has 0 radical (unpaired) electrons. The van der Waals surface area contributed by atoms with Gasteiger partial charge in [-0.1, -0.05) is 12.5 Å². The number of methoxy groups -OCH3 is 2. The Kier molecular flexibility index (Phi) is 4.84. The molecule has 110 valence electrons. The minimum Gasteiger partial charge on any atom is -0.493 e. The van der Waals surface area contributed by atoms with Crippen LogP contribution >= 0.6 is 0 Å². The van der Waals surface area contributed by atoms with Gasteiger partial charge in [-0.15, -0.1) is 0 Å². The second-order valence-corrected chi connectivity index (χ2v) is 5.01. The Morgan fingerprint density at radius 3 is 2.75 bits per heavy atom. The predicted molar refractivity (Wildman–Crippen MR) is 75.2 cm³/mol. The first-order chi connectivity index (χ1) is 9.67. The SMILES string of the molecule is COc1cccc(C(=O)NCC2CCCC2O)c1OC. The molecule has 1 fully saturated rings. The molecule has 2 rings (SSSR count). The molecule has 20 heavy (non-hydrogen) atoms. The lowest BCUT2D eigenvalue weighted by atomic mass is 10.1. The van der Waals surface area contributed by atoms with Crippen molar-refractivity contribution in [1.29, 1.82) is 0 Å². The molecule has 0 saturated heterocycles. The van der Waals surface area contributed by atoms with E-state index >= 15 is 0 Å². The third kappa shape index (κ3) is 3.04. The van der Waals surface area contributed by atoms with E-state index < -0.39 is 0 Å². The largest absolute Gasteiger partial charge is 0.493 e. The Morgan fingerprint density at radius 1 is 1.35 bits per heavy atom. The number of benzene rings is 1. The fourth-order valence-corrected chi connectivity index (χ4v) is 2.64. The quantitative estimate of drug-likeness (QED) is 0.859. The van der Waals surface area contributed by atoms with Crippen LogP contribution in [0.4, 0.5) is 0 Å².